The number of hydrogen-bond donors (Lipinski definition) is 2. The SMILES string of the molecule is CN(C)CC(=O)Nc1cc[nH]c(=O)n1. The zero-order chi connectivity index (χ0) is 10.6. The summed E-state index contributed by atoms with van der Waals surface area (Å²) in [7, 11) is 3.57. The first-order chi connectivity index (χ1) is 6.58. The Hall–Kier alpha value is -1.69. The molecule has 0 aliphatic rings. The van der Waals surface area contributed by atoms with E-state index in [1.165, 1.54) is 12.3 Å². The third-order valence-corrected chi connectivity index (χ3v) is 1.40. The van der Waals surface area contributed by atoms with Crippen molar-refractivity contribution in [1.29, 1.82) is 0 Å². The molecule has 6 heteroatoms. The smallest absolute Gasteiger partial charge is 0.313 e. The van der Waals surface area contributed by atoms with Crippen molar-refractivity contribution in [1.82, 2.24) is 14.9 Å². The lowest BCUT2D eigenvalue weighted by atomic mass is 10.5. The van der Waals surface area contributed by atoms with Crippen LogP contribution < -0.4 is 11.0 Å². The van der Waals surface area contributed by atoms with Gasteiger partial charge >= 0.3 is 5.69 Å². The first kappa shape index (κ1) is 10.4. The van der Waals surface area contributed by atoms with Crippen LogP contribution in [-0.2, 0) is 4.79 Å². The highest BCUT2D eigenvalue weighted by Gasteiger charge is 2.03. The van der Waals surface area contributed by atoms with E-state index >= 15 is 0 Å². The summed E-state index contributed by atoms with van der Waals surface area (Å²) in [4.78, 5) is 29.6. The van der Waals surface area contributed by atoms with Crippen LogP contribution in [0.2, 0.25) is 0 Å². The van der Waals surface area contributed by atoms with Gasteiger partial charge in [0.2, 0.25) is 5.91 Å². The number of H-pyrrole nitrogens is 1. The average Bonchev–Trinajstić information content (AvgIpc) is 2.01. The average molecular weight is 196 g/mol. The Balaban J connectivity index is 2.61. The van der Waals surface area contributed by atoms with E-state index in [0.29, 0.717) is 0 Å². The van der Waals surface area contributed by atoms with Crippen molar-refractivity contribution in [2.24, 2.45) is 0 Å². The van der Waals surface area contributed by atoms with Crippen LogP contribution in [0.25, 0.3) is 0 Å². The summed E-state index contributed by atoms with van der Waals surface area (Å²) in [5.74, 6) is 0.0636. The Bertz CT molecular complexity index is 372. The van der Waals surface area contributed by atoms with Gasteiger partial charge in [-0.2, -0.15) is 4.98 Å². The largest absolute Gasteiger partial charge is 0.346 e. The van der Waals surface area contributed by atoms with Crippen LogP contribution in [0.3, 0.4) is 0 Å². The van der Waals surface area contributed by atoms with Crippen molar-refractivity contribution in [3.05, 3.63) is 22.7 Å². The molecular formula is C8H12N4O2. The Morgan fingerprint density at radius 2 is 2.36 bits per heavy atom. The van der Waals surface area contributed by atoms with Crippen LogP contribution in [0, 0.1) is 0 Å². The first-order valence-electron chi connectivity index (χ1n) is 4.08. The van der Waals surface area contributed by atoms with Gasteiger partial charge in [0.15, 0.2) is 0 Å². The number of nitrogens with zero attached hydrogens (tertiary/aromatic N) is 2. The van der Waals surface area contributed by atoms with Crippen LogP contribution in [0.15, 0.2) is 17.1 Å². The monoisotopic (exact) mass is 196 g/mol. The molecule has 0 radical (unpaired) electrons. The van der Waals surface area contributed by atoms with Crippen LogP contribution in [0.1, 0.15) is 0 Å². The van der Waals surface area contributed by atoms with Crippen molar-refractivity contribution in [3.63, 3.8) is 0 Å². The minimum atomic E-state index is -0.479. The third kappa shape index (κ3) is 3.36. The van der Waals surface area contributed by atoms with Gasteiger partial charge in [0.25, 0.3) is 0 Å². The molecule has 0 aliphatic carbocycles. The van der Waals surface area contributed by atoms with E-state index < -0.39 is 5.69 Å². The number of rotatable bonds is 3. The molecule has 0 unspecified atom stereocenters. The number of amides is 1. The quantitative estimate of drug-likeness (QED) is 0.668. The van der Waals surface area contributed by atoms with E-state index in [-0.39, 0.29) is 18.3 Å². The molecule has 0 fully saturated rings. The Labute approximate surface area is 81.0 Å². The highest BCUT2D eigenvalue weighted by molar-refractivity contribution is 5.91. The number of anilines is 1. The highest BCUT2D eigenvalue weighted by Crippen LogP contribution is 1.95. The molecule has 0 spiro atoms. The van der Waals surface area contributed by atoms with Crippen LogP contribution in [-0.4, -0.2) is 41.4 Å². The molecule has 0 saturated carbocycles. The molecule has 2 N–H and O–H groups in total. The Morgan fingerprint density at radius 1 is 1.64 bits per heavy atom. The standard InChI is InChI=1S/C8H12N4O2/c1-12(2)5-7(13)10-6-3-4-9-8(14)11-6/h3-4H,5H2,1-2H3,(H2,9,10,11,13,14). The normalized spacial score (nSPS) is 10.2. The van der Waals surface area contributed by atoms with Crippen LogP contribution in [0.4, 0.5) is 5.82 Å². The summed E-state index contributed by atoms with van der Waals surface area (Å²) in [5, 5.41) is 2.50. The van der Waals surface area contributed by atoms with Gasteiger partial charge in [0.1, 0.15) is 5.82 Å². The summed E-state index contributed by atoms with van der Waals surface area (Å²) < 4.78 is 0. The lowest BCUT2D eigenvalue weighted by molar-refractivity contribution is -0.116. The molecule has 0 aromatic carbocycles. The second-order valence-electron chi connectivity index (χ2n) is 3.07. The fourth-order valence-electron chi connectivity index (χ4n) is 0.910. The summed E-state index contributed by atoms with van der Waals surface area (Å²) >= 11 is 0. The predicted molar refractivity (Wildman–Crippen MR) is 52.0 cm³/mol. The fraction of sp³-hybridized carbons (Fsp3) is 0.375. The maximum absolute atomic E-state index is 11.2. The molecule has 1 aromatic rings. The van der Waals surface area contributed by atoms with Crippen molar-refractivity contribution in [2.75, 3.05) is 26.0 Å². The van der Waals surface area contributed by atoms with Gasteiger partial charge in [-0.1, -0.05) is 0 Å². The lowest BCUT2D eigenvalue weighted by Gasteiger charge is -2.08. The van der Waals surface area contributed by atoms with Crippen LogP contribution >= 0.6 is 0 Å². The number of nitrogens with one attached hydrogen (secondary N) is 2. The fourth-order valence-corrected chi connectivity index (χ4v) is 0.910. The van der Waals surface area contributed by atoms with Crippen LogP contribution in [0.5, 0.6) is 0 Å². The molecule has 6 nitrogen and oxygen atoms in total. The molecule has 0 bridgehead atoms. The van der Waals surface area contributed by atoms with Gasteiger partial charge in [-0.25, -0.2) is 4.79 Å². The van der Waals surface area contributed by atoms with Crippen molar-refractivity contribution < 1.29 is 4.79 Å². The maximum atomic E-state index is 11.2. The first-order valence-corrected chi connectivity index (χ1v) is 4.08. The van der Waals surface area contributed by atoms with Gasteiger partial charge in [0, 0.05) is 6.20 Å². The Morgan fingerprint density at radius 3 is 2.93 bits per heavy atom. The molecule has 0 atom stereocenters. The van der Waals surface area contributed by atoms with E-state index in [4.69, 9.17) is 0 Å². The predicted octanol–water partition coefficient (Wildman–Crippen LogP) is -0.730. The molecule has 1 rings (SSSR count). The van der Waals surface area contributed by atoms with E-state index in [2.05, 4.69) is 15.3 Å². The van der Waals surface area contributed by atoms with Crippen molar-refractivity contribution in [2.45, 2.75) is 0 Å². The molecule has 0 aliphatic heterocycles. The number of carbonyl (C=O) groups is 1. The molecule has 1 amide bonds. The summed E-state index contributed by atoms with van der Waals surface area (Å²) in [6.07, 6.45) is 1.43. The summed E-state index contributed by atoms with van der Waals surface area (Å²) in [6.45, 7) is 0.258. The van der Waals surface area contributed by atoms with E-state index in [0.717, 1.165) is 0 Å². The van der Waals surface area contributed by atoms with Gasteiger partial charge in [-0.3, -0.25) is 4.79 Å². The molecule has 1 aromatic heterocycles. The highest BCUT2D eigenvalue weighted by atomic mass is 16.2. The van der Waals surface area contributed by atoms with Gasteiger partial charge in [-0.05, 0) is 20.2 Å². The Kier molecular flexibility index (Phi) is 3.35. The summed E-state index contributed by atoms with van der Waals surface area (Å²) in [5.41, 5.74) is -0.479. The number of aromatic amines is 1. The minimum absolute atomic E-state index is 0.201. The molecular weight excluding hydrogens is 184 g/mol. The lowest BCUT2D eigenvalue weighted by Crippen LogP contribution is -2.28. The topological polar surface area (TPSA) is 78.1 Å². The van der Waals surface area contributed by atoms with Crippen molar-refractivity contribution >= 4 is 11.7 Å². The van der Waals surface area contributed by atoms with E-state index in [1.54, 1.807) is 19.0 Å². The van der Waals surface area contributed by atoms with Gasteiger partial charge < -0.3 is 15.2 Å². The molecule has 76 valence electrons. The van der Waals surface area contributed by atoms with E-state index in [9.17, 15) is 9.59 Å². The number of likely N-dealkylation sites (N-methyl/N-ethyl adjacent to an activating group) is 1. The van der Waals surface area contributed by atoms with Gasteiger partial charge in [-0.15, -0.1) is 0 Å². The number of carbonyl (C=O) groups excluding carboxylic acids is 1. The second kappa shape index (κ2) is 4.52. The van der Waals surface area contributed by atoms with Crippen molar-refractivity contribution in [3.8, 4) is 0 Å². The molecule has 0 saturated heterocycles. The number of hydrogen-bond acceptors (Lipinski definition) is 4. The summed E-state index contributed by atoms with van der Waals surface area (Å²) in [6, 6.07) is 1.52. The third-order valence-electron chi connectivity index (χ3n) is 1.40. The minimum Gasteiger partial charge on any atom is -0.313 e. The number of aromatic nitrogens is 2. The van der Waals surface area contributed by atoms with E-state index in [1.807, 2.05) is 0 Å². The zero-order valence-electron chi connectivity index (χ0n) is 8.07. The zero-order valence-corrected chi connectivity index (χ0v) is 8.07. The molecule has 14 heavy (non-hydrogen) atoms. The molecule has 1 heterocycles. The second-order valence-corrected chi connectivity index (χ2v) is 3.07. The van der Waals surface area contributed by atoms with Gasteiger partial charge in [0.05, 0.1) is 6.54 Å². The maximum Gasteiger partial charge on any atom is 0.346 e.